The molecule has 1 heterocycles. The van der Waals surface area contributed by atoms with E-state index in [9.17, 15) is 0 Å². The van der Waals surface area contributed by atoms with Gasteiger partial charge in [-0.3, -0.25) is 0 Å². The highest BCUT2D eigenvalue weighted by Gasteiger charge is 2.47. The molecule has 0 amide bonds. The largest absolute Gasteiger partial charge is 0.310 e. The number of para-hydroxylation sites is 2. The Balaban J connectivity index is 1.03. The molecule has 0 N–H and O–H groups in total. The number of nitrogens with zero attached hydrogens (tertiary/aromatic N) is 2. The lowest BCUT2D eigenvalue weighted by atomic mass is 9.67. The van der Waals surface area contributed by atoms with Crippen LogP contribution in [-0.2, 0) is 10.8 Å². The van der Waals surface area contributed by atoms with Gasteiger partial charge in [-0.25, -0.2) is 0 Å². The van der Waals surface area contributed by atoms with Gasteiger partial charge < -0.3 is 9.47 Å². The van der Waals surface area contributed by atoms with E-state index in [4.69, 9.17) is 0 Å². The van der Waals surface area contributed by atoms with Crippen LogP contribution in [0.3, 0.4) is 0 Å². The zero-order chi connectivity index (χ0) is 46.6. The fraction of sp³-hybridized carbons (Fsp3) is 0.0588. The maximum absolute atomic E-state index is 2.55. The van der Waals surface area contributed by atoms with Gasteiger partial charge in [-0.05, 0) is 133 Å². The molecule has 0 unspecified atom stereocenters. The van der Waals surface area contributed by atoms with Crippen LogP contribution in [0.15, 0.2) is 255 Å². The standard InChI is InChI=1S/C68H48N2/c1-67(2)59-33-17-14-31-54(59)58-42-47(46-37-40-64-57(41-46)56-32-16-19-35-63(56)70(64)62-36-20-22-45-21-12-13-29-52(45)62)43-65(66(58)67)69(50-27-10-5-11-28-50)51-38-39-55-53-30-15-18-34-60(53)68(61(55)44-51,48-23-6-3-7-24-48)49-25-8-4-9-26-49/h3-44H,1-2H3. The van der Waals surface area contributed by atoms with Gasteiger partial charge in [0.1, 0.15) is 0 Å². The van der Waals surface area contributed by atoms with Gasteiger partial charge in [-0.15, -0.1) is 0 Å². The van der Waals surface area contributed by atoms with E-state index in [-0.39, 0.29) is 5.41 Å². The van der Waals surface area contributed by atoms with Crippen LogP contribution in [0, 0.1) is 0 Å². The average molecular weight is 893 g/mol. The Hall–Kier alpha value is -8.72. The van der Waals surface area contributed by atoms with Gasteiger partial charge in [-0.2, -0.15) is 0 Å². The Bertz CT molecular complexity index is 3980. The fourth-order valence-electron chi connectivity index (χ4n) is 12.6. The van der Waals surface area contributed by atoms with Crippen molar-refractivity contribution < 1.29 is 0 Å². The number of fused-ring (bicyclic) bond motifs is 10. The highest BCUT2D eigenvalue weighted by molar-refractivity contribution is 6.12. The Labute approximate surface area is 409 Å². The van der Waals surface area contributed by atoms with E-state index in [1.165, 1.54) is 111 Å². The molecule has 2 nitrogen and oxygen atoms in total. The van der Waals surface area contributed by atoms with Gasteiger partial charge in [0.25, 0.3) is 0 Å². The Morgan fingerprint density at radius 3 is 1.70 bits per heavy atom. The first kappa shape index (κ1) is 40.4. The van der Waals surface area contributed by atoms with Crippen molar-refractivity contribution in [2.45, 2.75) is 24.7 Å². The van der Waals surface area contributed by atoms with Crippen molar-refractivity contribution in [1.29, 1.82) is 0 Å². The quantitative estimate of drug-likeness (QED) is 0.155. The molecule has 0 saturated heterocycles. The van der Waals surface area contributed by atoms with E-state index in [2.05, 4.69) is 278 Å². The number of benzene rings is 11. The molecule has 0 spiro atoms. The van der Waals surface area contributed by atoms with Crippen molar-refractivity contribution in [3.63, 3.8) is 0 Å². The lowest BCUT2D eigenvalue weighted by Crippen LogP contribution is -2.28. The SMILES string of the molecule is CC1(C)c2ccccc2-c2cc(-c3ccc4c(c3)c3ccccc3n4-c3cccc4ccccc34)cc(N(c3ccccc3)c3ccc4c(c3)C(c3ccccc3)(c3ccccc3)c3ccccc3-4)c21. The van der Waals surface area contributed by atoms with Crippen LogP contribution >= 0.6 is 0 Å². The zero-order valence-corrected chi connectivity index (χ0v) is 39.1. The van der Waals surface area contributed by atoms with E-state index in [0.29, 0.717) is 0 Å². The molecule has 2 heteroatoms. The second-order valence-corrected chi connectivity index (χ2v) is 19.6. The molecule has 0 atom stereocenters. The summed E-state index contributed by atoms with van der Waals surface area (Å²) in [6.45, 7) is 4.82. The summed E-state index contributed by atoms with van der Waals surface area (Å²) < 4.78 is 2.46. The van der Waals surface area contributed by atoms with Gasteiger partial charge in [0, 0.05) is 32.9 Å². The molecule has 0 fully saturated rings. The third kappa shape index (κ3) is 5.74. The van der Waals surface area contributed by atoms with Gasteiger partial charge in [-0.1, -0.05) is 208 Å². The summed E-state index contributed by atoms with van der Waals surface area (Å²) in [6.07, 6.45) is 0. The molecule has 330 valence electrons. The minimum atomic E-state index is -0.535. The molecule has 1 aromatic heterocycles. The summed E-state index contributed by atoms with van der Waals surface area (Å²) in [5, 5.41) is 4.95. The van der Waals surface area contributed by atoms with Gasteiger partial charge in [0.15, 0.2) is 0 Å². The van der Waals surface area contributed by atoms with Crippen LogP contribution in [0.1, 0.15) is 47.2 Å². The summed E-state index contributed by atoms with van der Waals surface area (Å²) >= 11 is 0. The van der Waals surface area contributed by atoms with Gasteiger partial charge in [0.2, 0.25) is 0 Å². The number of hydrogen-bond acceptors (Lipinski definition) is 1. The number of aromatic nitrogens is 1. The first-order valence-electron chi connectivity index (χ1n) is 24.5. The summed E-state index contributed by atoms with van der Waals surface area (Å²) in [7, 11) is 0. The molecule has 0 saturated carbocycles. The van der Waals surface area contributed by atoms with Crippen molar-refractivity contribution in [3.8, 4) is 39.1 Å². The highest BCUT2D eigenvalue weighted by atomic mass is 15.1. The minimum absolute atomic E-state index is 0.284. The van der Waals surface area contributed by atoms with E-state index in [1.54, 1.807) is 0 Å². The predicted octanol–water partition coefficient (Wildman–Crippen LogP) is 17.7. The predicted molar refractivity (Wildman–Crippen MR) is 293 cm³/mol. The van der Waals surface area contributed by atoms with Crippen molar-refractivity contribution in [3.05, 3.63) is 288 Å². The number of rotatable bonds is 7. The number of hydrogen-bond donors (Lipinski definition) is 0. The molecule has 0 radical (unpaired) electrons. The Morgan fingerprint density at radius 2 is 0.943 bits per heavy atom. The van der Waals surface area contributed by atoms with Crippen LogP contribution < -0.4 is 4.90 Å². The van der Waals surface area contributed by atoms with Crippen molar-refractivity contribution >= 4 is 49.6 Å². The molecule has 11 aromatic carbocycles. The molecular weight excluding hydrogens is 845 g/mol. The molecule has 70 heavy (non-hydrogen) atoms. The number of anilines is 3. The van der Waals surface area contributed by atoms with E-state index in [0.717, 1.165) is 11.4 Å². The van der Waals surface area contributed by atoms with Crippen molar-refractivity contribution in [2.24, 2.45) is 0 Å². The fourth-order valence-corrected chi connectivity index (χ4v) is 12.6. The molecule has 2 aliphatic carbocycles. The Kier molecular flexibility index (Phi) is 8.88. The molecular formula is C68H48N2. The van der Waals surface area contributed by atoms with E-state index < -0.39 is 5.41 Å². The zero-order valence-electron chi connectivity index (χ0n) is 39.1. The molecule has 14 rings (SSSR count). The normalized spacial score (nSPS) is 13.8. The Morgan fingerprint density at radius 1 is 0.357 bits per heavy atom. The van der Waals surface area contributed by atoms with Crippen molar-refractivity contribution in [2.75, 3.05) is 4.90 Å². The molecule has 2 aliphatic rings. The first-order chi connectivity index (χ1) is 34.5. The van der Waals surface area contributed by atoms with Crippen molar-refractivity contribution in [1.82, 2.24) is 4.57 Å². The monoisotopic (exact) mass is 892 g/mol. The maximum Gasteiger partial charge on any atom is 0.0714 e. The van der Waals surface area contributed by atoms with Crippen LogP contribution in [0.5, 0.6) is 0 Å². The third-order valence-electron chi connectivity index (χ3n) is 15.6. The molecule has 12 aromatic rings. The highest BCUT2D eigenvalue weighted by Crippen LogP contribution is 2.59. The van der Waals surface area contributed by atoms with Crippen LogP contribution in [0.25, 0.3) is 71.6 Å². The second kappa shape index (κ2) is 15.4. The molecule has 0 aliphatic heterocycles. The summed E-state index contributed by atoms with van der Waals surface area (Å²) in [6, 6.07) is 94.9. The topological polar surface area (TPSA) is 8.17 Å². The average Bonchev–Trinajstić information content (AvgIpc) is 4.00. The summed E-state index contributed by atoms with van der Waals surface area (Å²) in [5.74, 6) is 0. The minimum Gasteiger partial charge on any atom is -0.310 e. The van der Waals surface area contributed by atoms with Gasteiger partial charge in [0.05, 0.1) is 27.8 Å². The smallest absolute Gasteiger partial charge is 0.0714 e. The lowest BCUT2D eigenvalue weighted by Gasteiger charge is -2.36. The van der Waals surface area contributed by atoms with Gasteiger partial charge >= 0.3 is 0 Å². The first-order valence-corrected chi connectivity index (χ1v) is 24.5. The molecule has 0 bridgehead atoms. The van der Waals surface area contributed by atoms with Crippen LogP contribution in [0.2, 0.25) is 0 Å². The van der Waals surface area contributed by atoms with Crippen LogP contribution in [-0.4, -0.2) is 4.57 Å². The van der Waals surface area contributed by atoms with Crippen LogP contribution in [0.4, 0.5) is 17.1 Å². The maximum atomic E-state index is 2.55. The summed E-state index contributed by atoms with van der Waals surface area (Å²) in [5.41, 5.74) is 21.5. The van der Waals surface area contributed by atoms with E-state index >= 15 is 0 Å². The van der Waals surface area contributed by atoms with E-state index in [1.807, 2.05) is 0 Å². The third-order valence-corrected chi connectivity index (χ3v) is 15.6. The second-order valence-electron chi connectivity index (χ2n) is 19.6. The lowest BCUT2D eigenvalue weighted by molar-refractivity contribution is 0.661. The summed E-state index contributed by atoms with van der Waals surface area (Å²) in [4.78, 5) is 2.55.